The van der Waals surface area contributed by atoms with E-state index in [1.165, 1.54) is 0 Å². The van der Waals surface area contributed by atoms with Crippen LogP contribution < -0.4 is 0 Å². The van der Waals surface area contributed by atoms with Crippen molar-refractivity contribution in [2.45, 2.75) is 52.1 Å². The largest absolute Gasteiger partial charge is 0.500 e. The van der Waals surface area contributed by atoms with Crippen molar-refractivity contribution >= 4 is 23.1 Å². The molecule has 2 N–H and O–H groups in total. The van der Waals surface area contributed by atoms with Crippen LogP contribution in [0.1, 0.15) is 46.0 Å². The van der Waals surface area contributed by atoms with Crippen LogP contribution >= 0.6 is 12.2 Å². The Hall–Kier alpha value is -0.480. The number of Topliss-reactive ketones (excluding diaryl/α,β-unsaturated/α-hetero) is 1. The SMILES string of the molecule is CCCCC(CC)CC(=O)C(O)C(O)=S. The van der Waals surface area contributed by atoms with E-state index >= 15 is 0 Å². The molecule has 2 unspecified atom stereocenters. The lowest BCUT2D eigenvalue weighted by molar-refractivity contribution is -0.125. The Morgan fingerprint density at radius 2 is 2.00 bits per heavy atom. The second-order valence-electron chi connectivity index (χ2n) is 3.83. The molecule has 15 heavy (non-hydrogen) atoms. The summed E-state index contributed by atoms with van der Waals surface area (Å²) >= 11 is 4.36. The van der Waals surface area contributed by atoms with Gasteiger partial charge in [-0.2, -0.15) is 0 Å². The van der Waals surface area contributed by atoms with Gasteiger partial charge < -0.3 is 10.2 Å². The first-order valence-electron chi connectivity index (χ1n) is 5.46. The molecule has 0 spiro atoms. The van der Waals surface area contributed by atoms with Gasteiger partial charge in [0.2, 0.25) is 0 Å². The van der Waals surface area contributed by atoms with Crippen molar-refractivity contribution in [3.8, 4) is 0 Å². The third-order valence-electron chi connectivity index (χ3n) is 2.57. The molecule has 0 aromatic rings. The number of carbonyl (C=O) groups is 1. The molecule has 3 nitrogen and oxygen atoms in total. The van der Waals surface area contributed by atoms with Crippen LogP contribution in [-0.4, -0.2) is 27.2 Å². The summed E-state index contributed by atoms with van der Waals surface area (Å²) in [5.41, 5.74) is 0. The summed E-state index contributed by atoms with van der Waals surface area (Å²) in [5, 5.41) is 17.4. The minimum absolute atomic E-state index is 0.293. The van der Waals surface area contributed by atoms with Crippen molar-refractivity contribution in [3.63, 3.8) is 0 Å². The maximum absolute atomic E-state index is 11.4. The molecule has 0 saturated carbocycles. The average molecular weight is 232 g/mol. The van der Waals surface area contributed by atoms with Crippen LogP contribution in [0.2, 0.25) is 0 Å². The number of aliphatic hydroxyl groups excluding tert-OH is 2. The van der Waals surface area contributed by atoms with E-state index in [2.05, 4.69) is 19.1 Å². The van der Waals surface area contributed by atoms with Gasteiger partial charge in [0.15, 0.2) is 16.9 Å². The van der Waals surface area contributed by atoms with E-state index in [4.69, 9.17) is 5.11 Å². The summed E-state index contributed by atoms with van der Waals surface area (Å²) < 4.78 is 0. The van der Waals surface area contributed by atoms with Gasteiger partial charge in [0.1, 0.15) is 0 Å². The van der Waals surface area contributed by atoms with Crippen LogP contribution in [0, 0.1) is 5.92 Å². The summed E-state index contributed by atoms with van der Waals surface area (Å²) in [6, 6.07) is 0. The van der Waals surface area contributed by atoms with E-state index in [9.17, 15) is 9.90 Å². The van der Waals surface area contributed by atoms with Gasteiger partial charge in [0.05, 0.1) is 0 Å². The number of thiocarbonyl (C=S) groups is 1. The van der Waals surface area contributed by atoms with Crippen LogP contribution in [0.3, 0.4) is 0 Å². The Balaban J connectivity index is 4.05. The van der Waals surface area contributed by atoms with Crippen LogP contribution in [0.15, 0.2) is 0 Å². The van der Waals surface area contributed by atoms with Crippen LogP contribution in [-0.2, 0) is 4.79 Å². The maximum Gasteiger partial charge on any atom is 0.193 e. The molecule has 0 heterocycles. The van der Waals surface area contributed by atoms with E-state index < -0.39 is 11.2 Å². The predicted octanol–water partition coefficient (Wildman–Crippen LogP) is 2.41. The normalized spacial score (nSPS) is 14.6. The Morgan fingerprint density at radius 3 is 2.40 bits per heavy atom. The lowest BCUT2D eigenvalue weighted by atomic mass is 9.92. The first-order valence-corrected chi connectivity index (χ1v) is 5.87. The minimum atomic E-state index is -1.48. The van der Waals surface area contributed by atoms with Gasteiger partial charge in [0.25, 0.3) is 0 Å². The fourth-order valence-electron chi connectivity index (χ4n) is 1.48. The molecule has 2 atom stereocenters. The van der Waals surface area contributed by atoms with Crippen LogP contribution in [0.25, 0.3) is 0 Å². The van der Waals surface area contributed by atoms with Crippen molar-refractivity contribution in [1.29, 1.82) is 0 Å². The Kier molecular flexibility index (Phi) is 7.52. The number of ketones is 1. The smallest absolute Gasteiger partial charge is 0.193 e. The van der Waals surface area contributed by atoms with E-state index in [0.717, 1.165) is 25.7 Å². The zero-order valence-corrected chi connectivity index (χ0v) is 10.2. The van der Waals surface area contributed by atoms with Gasteiger partial charge in [-0.15, -0.1) is 0 Å². The summed E-state index contributed by atoms with van der Waals surface area (Å²) in [7, 11) is 0. The highest BCUT2D eigenvalue weighted by atomic mass is 32.1. The highest BCUT2D eigenvalue weighted by molar-refractivity contribution is 7.80. The van der Waals surface area contributed by atoms with Crippen molar-refractivity contribution in [2.24, 2.45) is 5.92 Å². The molecule has 0 aliphatic heterocycles. The molecular formula is C11H20O3S. The molecule has 0 bridgehead atoms. The third-order valence-corrected chi connectivity index (χ3v) is 2.80. The minimum Gasteiger partial charge on any atom is -0.500 e. The predicted molar refractivity (Wildman–Crippen MR) is 64.2 cm³/mol. The monoisotopic (exact) mass is 232 g/mol. The van der Waals surface area contributed by atoms with Crippen LogP contribution in [0.4, 0.5) is 0 Å². The van der Waals surface area contributed by atoms with E-state index in [0.29, 0.717) is 12.3 Å². The first-order chi connectivity index (χ1) is 7.02. The number of aliphatic hydroxyl groups is 2. The summed E-state index contributed by atoms with van der Waals surface area (Å²) in [4.78, 5) is 11.4. The van der Waals surface area contributed by atoms with E-state index in [-0.39, 0.29) is 5.78 Å². The van der Waals surface area contributed by atoms with Gasteiger partial charge in [-0.05, 0) is 18.1 Å². The van der Waals surface area contributed by atoms with Crippen molar-refractivity contribution in [2.75, 3.05) is 0 Å². The number of carbonyl (C=O) groups excluding carboxylic acids is 1. The molecule has 0 aromatic heterocycles. The van der Waals surface area contributed by atoms with E-state index in [1.54, 1.807) is 0 Å². The second kappa shape index (κ2) is 7.77. The number of hydrogen-bond donors (Lipinski definition) is 2. The molecule has 0 aliphatic rings. The van der Waals surface area contributed by atoms with Gasteiger partial charge in [-0.3, -0.25) is 4.79 Å². The van der Waals surface area contributed by atoms with Gasteiger partial charge in [-0.25, -0.2) is 0 Å². The maximum atomic E-state index is 11.4. The molecule has 0 rings (SSSR count). The Morgan fingerprint density at radius 1 is 1.40 bits per heavy atom. The Labute approximate surface area is 96.5 Å². The molecule has 0 radical (unpaired) electrons. The van der Waals surface area contributed by atoms with Crippen molar-refractivity contribution in [1.82, 2.24) is 0 Å². The highest BCUT2D eigenvalue weighted by Gasteiger charge is 2.22. The van der Waals surface area contributed by atoms with Crippen molar-refractivity contribution in [3.05, 3.63) is 0 Å². The number of rotatable bonds is 8. The second-order valence-corrected chi connectivity index (χ2v) is 4.25. The molecule has 0 aromatic carbocycles. The van der Waals surface area contributed by atoms with Gasteiger partial charge in [-0.1, -0.05) is 39.5 Å². The molecule has 0 saturated heterocycles. The topological polar surface area (TPSA) is 57.5 Å². The summed E-state index contributed by atoms with van der Waals surface area (Å²) in [5.74, 6) is -0.0769. The fraction of sp³-hybridized carbons (Fsp3) is 0.818. The van der Waals surface area contributed by atoms with Gasteiger partial charge in [0, 0.05) is 6.42 Å². The molecule has 0 aliphatic carbocycles. The summed E-state index contributed by atoms with van der Waals surface area (Å²) in [6.45, 7) is 4.13. The highest BCUT2D eigenvalue weighted by Crippen LogP contribution is 2.17. The van der Waals surface area contributed by atoms with Gasteiger partial charge >= 0.3 is 0 Å². The first kappa shape index (κ1) is 14.5. The molecule has 4 heteroatoms. The standard InChI is InChI=1S/C11H20O3S/c1-3-5-6-8(4-2)7-9(12)10(13)11(14)15/h8,10,13H,3-7H2,1-2H3,(H,14,15). The third kappa shape index (κ3) is 5.85. The number of unbranched alkanes of at least 4 members (excludes halogenated alkanes) is 1. The summed E-state index contributed by atoms with van der Waals surface area (Å²) in [6.07, 6.45) is 2.92. The van der Waals surface area contributed by atoms with Crippen LogP contribution in [0.5, 0.6) is 0 Å². The zero-order valence-electron chi connectivity index (χ0n) is 9.40. The zero-order chi connectivity index (χ0) is 11.8. The Bertz CT molecular complexity index is 216. The molecule has 88 valence electrons. The quantitative estimate of drug-likeness (QED) is 0.631. The molecular weight excluding hydrogens is 212 g/mol. The van der Waals surface area contributed by atoms with E-state index in [1.807, 2.05) is 6.92 Å². The molecule has 0 fully saturated rings. The van der Waals surface area contributed by atoms with Crippen molar-refractivity contribution < 1.29 is 15.0 Å². The average Bonchev–Trinajstić information content (AvgIpc) is 2.22. The lowest BCUT2D eigenvalue weighted by Crippen LogP contribution is -2.29. The molecule has 0 amide bonds. The fourth-order valence-corrected chi connectivity index (χ4v) is 1.61. The lowest BCUT2D eigenvalue weighted by Gasteiger charge is -2.14. The number of hydrogen-bond acceptors (Lipinski definition) is 3.